The number of aliphatic hydroxyl groups excluding tert-OH is 1. The number of ketones is 1. The first-order valence-corrected chi connectivity index (χ1v) is 8.97. The number of non-ortho nitro benzene ring substituents is 1. The van der Waals surface area contributed by atoms with Crippen molar-refractivity contribution in [1.82, 2.24) is 9.97 Å². The van der Waals surface area contributed by atoms with Gasteiger partial charge in [0.2, 0.25) is 5.95 Å². The maximum absolute atomic E-state index is 13.3. The van der Waals surface area contributed by atoms with Crippen LogP contribution in [0.2, 0.25) is 0 Å². The molecule has 0 aliphatic carbocycles. The van der Waals surface area contributed by atoms with Crippen LogP contribution in [0.5, 0.6) is 0 Å². The Morgan fingerprint density at radius 2 is 1.65 bits per heavy atom. The number of anilines is 1. The van der Waals surface area contributed by atoms with Gasteiger partial charge in [0.05, 0.1) is 16.5 Å². The minimum atomic E-state index is -1.15. The average molecular weight is 420 g/mol. The standard InChI is InChI=1S/C21H13FN4O5/c22-14-6-2-13(3-7-14)18(27)16-17(12-4-8-15(9-5-12)26(30)31)25(20(29)19(16)28)21-23-10-1-11-24-21/h1-11,17,27H/b18-16+. The summed E-state index contributed by atoms with van der Waals surface area (Å²) in [6.45, 7) is 0. The van der Waals surface area contributed by atoms with Crippen molar-refractivity contribution >= 4 is 29.1 Å². The second-order valence-corrected chi connectivity index (χ2v) is 6.57. The summed E-state index contributed by atoms with van der Waals surface area (Å²) < 4.78 is 13.3. The van der Waals surface area contributed by atoms with Gasteiger partial charge in [0, 0.05) is 30.1 Å². The van der Waals surface area contributed by atoms with E-state index in [0.717, 1.165) is 17.0 Å². The summed E-state index contributed by atoms with van der Waals surface area (Å²) in [6, 6.07) is 10.3. The Labute approximate surface area is 174 Å². The molecule has 1 aromatic heterocycles. The van der Waals surface area contributed by atoms with Crippen LogP contribution >= 0.6 is 0 Å². The number of aromatic nitrogens is 2. The third-order valence-corrected chi connectivity index (χ3v) is 4.75. The third-order valence-electron chi connectivity index (χ3n) is 4.75. The lowest BCUT2D eigenvalue weighted by Gasteiger charge is -2.23. The highest BCUT2D eigenvalue weighted by Gasteiger charge is 2.48. The molecule has 1 saturated heterocycles. The molecule has 0 bridgehead atoms. The average Bonchev–Trinajstić information content (AvgIpc) is 3.05. The van der Waals surface area contributed by atoms with E-state index in [9.17, 15) is 29.2 Å². The number of halogens is 1. The van der Waals surface area contributed by atoms with Crippen LogP contribution in [0.4, 0.5) is 16.0 Å². The number of hydrogen-bond acceptors (Lipinski definition) is 7. The van der Waals surface area contributed by atoms with Gasteiger partial charge in [-0.2, -0.15) is 0 Å². The first-order valence-electron chi connectivity index (χ1n) is 8.97. The third kappa shape index (κ3) is 3.50. The Bertz CT molecular complexity index is 1210. The quantitative estimate of drug-likeness (QED) is 0.226. The van der Waals surface area contributed by atoms with Gasteiger partial charge < -0.3 is 5.11 Å². The molecule has 1 aliphatic heterocycles. The number of benzene rings is 2. The normalized spacial score (nSPS) is 17.7. The molecule has 0 radical (unpaired) electrons. The minimum absolute atomic E-state index is 0.0777. The van der Waals surface area contributed by atoms with Gasteiger partial charge in [-0.1, -0.05) is 0 Å². The number of amides is 1. The summed E-state index contributed by atoms with van der Waals surface area (Å²) in [5.41, 5.74) is -0.00526. The summed E-state index contributed by atoms with van der Waals surface area (Å²) in [5.74, 6) is -3.09. The molecule has 2 aromatic carbocycles. The number of Topliss-reactive ketones (excluding diaryl/α,β-unsaturated/α-hetero) is 1. The van der Waals surface area contributed by atoms with Gasteiger partial charge in [-0.3, -0.25) is 24.6 Å². The molecular formula is C21H13FN4O5. The highest BCUT2D eigenvalue weighted by Crippen LogP contribution is 2.41. The van der Waals surface area contributed by atoms with Crippen LogP contribution in [0.1, 0.15) is 17.2 Å². The summed E-state index contributed by atoms with van der Waals surface area (Å²) in [7, 11) is 0. The van der Waals surface area contributed by atoms with Crippen LogP contribution in [0.15, 0.2) is 72.6 Å². The van der Waals surface area contributed by atoms with E-state index >= 15 is 0 Å². The zero-order valence-corrected chi connectivity index (χ0v) is 15.7. The fraction of sp³-hybridized carbons (Fsp3) is 0.0476. The maximum atomic E-state index is 13.3. The molecule has 4 rings (SSSR count). The number of rotatable bonds is 4. The Hall–Kier alpha value is -4.47. The lowest BCUT2D eigenvalue weighted by Crippen LogP contribution is -2.31. The molecule has 0 spiro atoms. The van der Waals surface area contributed by atoms with E-state index in [0.29, 0.717) is 5.56 Å². The number of nitrogens with zero attached hydrogens (tertiary/aromatic N) is 4. The molecule has 3 aromatic rings. The molecular weight excluding hydrogens is 407 g/mol. The van der Waals surface area contributed by atoms with E-state index in [1.54, 1.807) is 0 Å². The fourth-order valence-electron chi connectivity index (χ4n) is 3.31. The molecule has 1 amide bonds. The Kier molecular flexibility index (Phi) is 4.96. The van der Waals surface area contributed by atoms with Gasteiger partial charge in [-0.05, 0) is 48.0 Å². The monoisotopic (exact) mass is 420 g/mol. The van der Waals surface area contributed by atoms with E-state index in [1.807, 2.05) is 0 Å². The SMILES string of the molecule is O=C1C(=O)N(c2ncccn2)C(c2ccc([N+](=O)[O-])cc2)/C1=C(\O)c1ccc(F)cc1. The molecule has 10 heteroatoms. The van der Waals surface area contributed by atoms with Gasteiger partial charge in [-0.15, -0.1) is 0 Å². The number of hydrogen-bond donors (Lipinski definition) is 1. The fourth-order valence-corrected chi connectivity index (χ4v) is 3.31. The second kappa shape index (κ2) is 7.75. The highest BCUT2D eigenvalue weighted by atomic mass is 19.1. The number of nitro groups is 1. The lowest BCUT2D eigenvalue weighted by molar-refractivity contribution is -0.384. The summed E-state index contributed by atoms with van der Waals surface area (Å²) in [5, 5.41) is 21.8. The van der Waals surface area contributed by atoms with Gasteiger partial charge >= 0.3 is 5.91 Å². The van der Waals surface area contributed by atoms with Crippen molar-refractivity contribution in [3.63, 3.8) is 0 Å². The van der Waals surface area contributed by atoms with Crippen molar-refractivity contribution in [2.24, 2.45) is 0 Å². The van der Waals surface area contributed by atoms with E-state index in [2.05, 4.69) is 9.97 Å². The van der Waals surface area contributed by atoms with Crippen molar-refractivity contribution in [2.75, 3.05) is 4.90 Å². The molecule has 1 fully saturated rings. The van der Waals surface area contributed by atoms with Crippen molar-refractivity contribution < 1.29 is 24.0 Å². The van der Waals surface area contributed by atoms with Gasteiger partial charge in [0.25, 0.3) is 11.5 Å². The Morgan fingerprint density at radius 1 is 1.03 bits per heavy atom. The van der Waals surface area contributed by atoms with E-state index in [-0.39, 0.29) is 22.8 Å². The molecule has 154 valence electrons. The van der Waals surface area contributed by atoms with Crippen LogP contribution < -0.4 is 4.90 Å². The maximum Gasteiger partial charge on any atom is 0.302 e. The molecule has 31 heavy (non-hydrogen) atoms. The highest BCUT2D eigenvalue weighted by molar-refractivity contribution is 6.51. The van der Waals surface area contributed by atoms with Crippen LogP contribution in [-0.4, -0.2) is 31.7 Å². The topological polar surface area (TPSA) is 127 Å². The van der Waals surface area contributed by atoms with Crippen LogP contribution in [0.3, 0.4) is 0 Å². The number of carbonyl (C=O) groups excluding carboxylic acids is 2. The predicted molar refractivity (Wildman–Crippen MR) is 106 cm³/mol. The molecule has 0 saturated carbocycles. The molecule has 1 unspecified atom stereocenters. The van der Waals surface area contributed by atoms with Crippen molar-refractivity contribution in [3.8, 4) is 0 Å². The first kappa shape index (κ1) is 19.8. The van der Waals surface area contributed by atoms with Crippen LogP contribution in [0, 0.1) is 15.9 Å². The van der Waals surface area contributed by atoms with E-state index in [1.165, 1.54) is 54.9 Å². The van der Waals surface area contributed by atoms with Gasteiger partial charge in [0.15, 0.2) is 0 Å². The van der Waals surface area contributed by atoms with Gasteiger partial charge in [0.1, 0.15) is 11.6 Å². The van der Waals surface area contributed by atoms with Crippen molar-refractivity contribution in [3.05, 3.63) is 99.6 Å². The van der Waals surface area contributed by atoms with Crippen molar-refractivity contribution in [2.45, 2.75) is 6.04 Å². The zero-order chi connectivity index (χ0) is 22.1. The number of nitro benzene ring substituents is 1. The molecule has 1 aliphatic rings. The summed E-state index contributed by atoms with van der Waals surface area (Å²) in [4.78, 5) is 45.2. The minimum Gasteiger partial charge on any atom is -0.507 e. The molecule has 1 atom stereocenters. The van der Waals surface area contributed by atoms with Crippen molar-refractivity contribution in [1.29, 1.82) is 0 Å². The lowest BCUT2D eigenvalue weighted by atomic mass is 9.95. The van der Waals surface area contributed by atoms with E-state index in [4.69, 9.17) is 0 Å². The van der Waals surface area contributed by atoms with Crippen LogP contribution in [-0.2, 0) is 9.59 Å². The van der Waals surface area contributed by atoms with Crippen LogP contribution in [0.25, 0.3) is 5.76 Å². The van der Waals surface area contributed by atoms with E-state index < -0.39 is 34.2 Å². The molecule has 9 nitrogen and oxygen atoms in total. The Morgan fingerprint density at radius 3 is 2.23 bits per heavy atom. The summed E-state index contributed by atoms with van der Waals surface area (Å²) >= 11 is 0. The second-order valence-electron chi connectivity index (χ2n) is 6.57. The Balaban J connectivity index is 1.92. The van der Waals surface area contributed by atoms with Gasteiger partial charge in [-0.25, -0.2) is 14.4 Å². The number of aliphatic hydroxyl groups is 1. The summed E-state index contributed by atoms with van der Waals surface area (Å²) in [6.07, 6.45) is 2.77. The zero-order valence-electron chi connectivity index (χ0n) is 15.7. The first-order chi connectivity index (χ1) is 14.9. The number of carbonyl (C=O) groups is 2. The largest absolute Gasteiger partial charge is 0.507 e. The molecule has 1 N–H and O–H groups in total. The smallest absolute Gasteiger partial charge is 0.302 e. The molecule has 2 heterocycles. The predicted octanol–water partition coefficient (Wildman–Crippen LogP) is 3.15.